The lowest BCUT2D eigenvalue weighted by atomic mass is 9.99. The molecule has 0 unspecified atom stereocenters. The van der Waals surface area contributed by atoms with E-state index in [4.69, 9.17) is 0 Å². The second-order valence-corrected chi connectivity index (χ2v) is 5.42. The largest absolute Gasteiger partial charge is 0.383 e. The summed E-state index contributed by atoms with van der Waals surface area (Å²) in [5.74, 6) is -0.231. The number of allylic oxidation sites excluding steroid dienone is 2. The van der Waals surface area contributed by atoms with E-state index in [0.717, 1.165) is 21.6 Å². The molecule has 0 atom stereocenters. The van der Waals surface area contributed by atoms with E-state index in [1.807, 2.05) is 36.6 Å². The molecule has 0 bridgehead atoms. The van der Waals surface area contributed by atoms with Gasteiger partial charge in [-0.1, -0.05) is 24.8 Å². The molecule has 0 aliphatic carbocycles. The van der Waals surface area contributed by atoms with Crippen molar-refractivity contribution in [3.63, 3.8) is 0 Å². The van der Waals surface area contributed by atoms with Crippen LogP contribution in [0.1, 0.15) is 10.4 Å². The Bertz CT molecular complexity index is 580. The van der Waals surface area contributed by atoms with Crippen LogP contribution in [0.3, 0.4) is 0 Å². The first kappa shape index (κ1) is 13.6. The average molecular weight is 273 g/mol. The van der Waals surface area contributed by atoms with Gasteiger partial charge in [-0.25, -0.2) is 4.39 Å². The van der Waals surface area contributed by atoms with Crippen LogP contribution in [0.2, 0.25) is 0 Å². The predicted octanol–water partition coefficient (Wildman–Crippen LogP) is 4.50. The van der Waals surface area contributed by atoms with Crippen LogP contribution in [0.25, 0.3) is 11.1 Å². The summed E-state index contributed by atoms with van der Waals surface area (Å²) < 4.78 is 13.0. The minimum Gasteiger partial charge on any atom is -0.383 e. The minimum atomic E-state index is -0.231. The Kier molecular flexibility index (Phi) is 4.17. The van der Waals surface area contributed by atoms with Crippen molar-refractivity contribution >= 4 is 22.5 Å². The topological polar surface area (TPSA) is 3.24 Å². The number of rotatable bonds is 4. The summed E-state index contributed by atoms with van der Waals surface area (Å²) in [6.45, 7) is 4.15. The van der Waals surface area contributed by atoms with Gasteiger partial charge in [0.05, 0.1) is 0 Å². The Labute approximate surface area is 117 Å². The Balaban J connectivity index is 2.39. The van der Waals surface area contributed by atoms with Crippen molar-refractivity contribution in [3.8, 4) is 0 Å². The van der Waals surface area contributed by atoms with E-state index in [1.54, 1.807) is 23.5 Å². The lowest BCUT2D eigenvalue weighted by Crippen LogP contribution is -2.03. The van der Waals surface area contributed by atoms with Gasteiger partial charge in [-0.3, -0.25) is 0 Å². The van der Waals surface area contributed by atoms with Crippen molar-refractivity contribution in [2.45, 2.75) is 0 Å². The Hall–Kier alpha value is -1.87. The van der Waals surface area contributed by atoms with E-state index < -0.39 is 0 Å². The molecule has 0 aliphatic rings. The van der Waals surface area contributed by atoms with Crippen molar-refractivity contribution in [2.24, 2.45) is 0 Å². The van der Waals surface area contributed by atoms with Gasteiger partial charge in [-0.05, 0) is 34.7 Å². The quantitative estimate of drug-likeness (QED) is 0.741. The van der Waals surface area contributed by atoms with Crippen LogP contribution in [0.5, 0.6) is 0 Å². The van der Waals surface area contributed by atoms with Gasteiger partial charge in [0.25, 0.3) is 0 Å². The molecule has 2 aromatic rings. The number of halogens is 1. The molecule has 3 heteroatoms. The smallest absolute Gasteiger partial charge is 0.123 e. The van der Waals surface area contributed by atoms with Gasteiger partial charge in [0.15, 0.2) is 0 Å². The summed E-state index contributed by atoms with van der Waals surface area (Å²) in [4.78, 5) is 3.15. The zero-order valence-corrected chi connectivity index (χ0v) is 11.9. The normalized spacial score (nSPS) is 11.4. The fourth-order valence-electron chi connectivity index (χ4n) is 1.79. The van der Waals surface area contributed by atoms with Gasteiger partial charge >= 0.3 is 0 Å². The maximum absolute atomic E-state index is 13.0. The third kappa shape index (κ3) is 3.32. The lowest BCUT2D eigenvalue weighted by molar-refractivity contribution is 0.566. The molecule has 1 nitrogen and oxygen atoms in total. The molecular weight excluding hydrogens is 257 g/mol. The predicted molar refractivity (Wildman–Crippen MR) is 81.4 cm³/mol. The van der Waals surface area contributed by atoms with Crippen LogP contribution >= 0.6 is 11.3 Å². The highest BCUT2D eigenvalue weighted by atomic mass is 32.1. The summed E-state index contributed by atoms with van der Waals surface area (Å²) in [6, 6.07) is 10.5. The van der Waals surface area contributed by atoms with Gasteiger partial charge in [-0.2, -0.15) is 0 Å². The number of nitrogens with zero attached hydrogens (tertiary/aromatic N) is 1. The van der Waals surface area contributed by atoms with Crippen LogP contribution < -0.4 is 0 Å². The third-order valence-electron chi connectivity index (χ3n) is 2.69. The highest BCUT2D eigenvalue weighted by Gasteiger charge is 2.10. The molecular formula is C16H16FNS. The first-order chi connectivity index (χ1) is 9.08. The summed E-state index contributed by atoms with van der Waals surface area (Å²) in [6.07, 6.45) is 2.04. The van der Waals surface area contributed by atoms with Gasteiger partial charge in [-0.15, -0.1) is 11.3 Å². The first-order valence-electron chi connectivity index (χ1n) is 5.95. The Morgan fingerprint density at radius 1 is 1.21 bits per heavy atom. The molecule has 1 aromatic carbocycles. The monoisotopic (exact) mass is 273 g/mol. The summed E-state index contributed by atoms with van der Waals surface area (Å²) in [5, 5.41) is 2.04. The molecule has 2 rings (SSSR count). The SMILES string of the molecule is C=C(/C(=C\N(C)C)c1cccs1)c1ccc(F)cc1. The second-order valence-electron chi connectivity index (χ2n) is 4.47. The van der Waals surface area contributed by atoms with Crippen LogP contribution in [-0.2, 0) is 0 Å². The van der Waals surface area contributed by atoms with Gasteiger partial charge in [0.1, 0.15) is 5.82 Å². The molecule has 0 saturated heterocycles. The van der Waals surface area contributed by atoms with E-state index in [9.17, 15) is 4.39 Å². The van der Waals surface area contributed by atoms with E-state index in [-0.39, 0.29) is 5.82 Å². The summed E-state index contributed by atoms with van der Waals surface area (Å²) >= 11 is 1.67. The van der Waals surface area contributed by atoms with E-state index in [2.05, 4.69) is 12.6 Å². The Morgan fingerprint density at radius 2 is 1.89 bits per heavy atom. The van der Waals surface area contributed by atoms with Crippen LogP contribution in [0.15, 0.2) is 54.6 Å². The summed E-state index contributed by atoms with van der Waals surface area (Å²) in [5.41, 5.74) is 2.89. The molecule has 0 N–H and O–H groups in total. The molecule has 1 heterocycles. The molecule has 0 spiro atoms. The Morgan fingerprint density at radius 3 is 2.42 bits per heavy atom. The molecule has 1 aromatic heterocycles. The van der Waals surface area contributed by atoms with Crippen molar-refractivity contribution < 1.29 is 4.39 Å². The standard InChI is InChI=1S/C16H16FNS/c1-12(13-6-8-14(17)9-7-13)15(11-18(2)3)16-5-4-10-19-16/h4-11H,1H2,2-3H3/b15-11+. The maximum Gasteiger partial charge on any atom is 0.123 e. The van der Waals surface area contributed by atoms with Gasteiger partial charge < -0.3 is 4.90 Å². The molecule has 19 heavy (non-hydrogen) atoms. The van der Waals surface area contributed by atoms with Crippen LogP contribution in [-0.4, -0.2) is 19.0 Å². The van der Waals surface area contributed by atoms with Crippen molar-refractivity contribution in [2.75, 3.05) is 14.1 Å². The van der Waals surface area contributed by atoms with Crippen molar-refractivity contribution in [1.29, 1.82) is 0 Å². The fourth-order valence-corrected chi connectivity index (χ4v) is 2.55. The van der Waals surface area contributed by atoms with Gasteiger partial charge in [0.2, 0.25) is 0 Å². The number of hydrogen-bond acceptors (Lipinski definition) is 2. The summed E-state index contributed by atoms with van der Waals surface area (Å²) in [7, 11) is 3.96. The van der Waals surface area contributed by atoms with E-state index in [0.29, 0.717) is 0 Å². The molecule has 0 amide bonds. The van der Waals surface area contributed by atoms with Crippen molar-refractivity contribution in [3.05, 3.63) is 70.8 Å². The van der Waals surface area contributed by atoms with Crippen molar-refractivity contribution in [1.82, 2.24) is 4.90 Å². The van der Waals surface area contributed by atoms with Crippen LogP contribution in [0.4, 0.5) is 4.39 Å². The number of hydrogen-bond donors (Lipinski definition) is 0. The van der Waals surface area contributed by atoms with E-state index in [1.165, 1.54) is 12.1 Å². The maximum atomic E-state index is 13.0. The highest BCUT2D eigenvalue weighted by molar-refractivity contribution is 7.11. The van der Waals surface area contributed by atoms with E-state index >= 15 is 0 Å². The molecule has 0 aliphatic heterocycles. The van der Waals surface area contributed by atoms with Crippen LogP contribution in [0, 0.1) is 5.82 Å². The second kappa shape index (κ2) is 5.85. The highest BCUT2D eigenvalue weighted by Crippen LogP contribution is 2.32. The lowest BCUT2D eigenvalue weighted by Gasteiger charge is -2.13. The fraction of sp³-hybridized carbons (Fsp3) is 0.125. The third-order valence-corrected chi connectivity index (χ3v) is 3.59. The number of benzene rings is 1. The average Bonchev–Trinajstić information content (AvgIpc) is 2.89. The first-order valence-corrected chi connectivity index (χ1v) is 6.83. The van der Waals surface area contributed by atoms with Gasteiger partial charge in [0, 0.05) is 30.7 Å². The molecule has 0 radical (unpaired) electrons. The molecule has 0 fully saturated rings. The number of thiophene rings is 1. The molecule has 98 valence electrons. The zero-order chi connectivity index (χ0) is 13.8. The molecule has 0 saturated carbocycles. The zero-order valence-electron chi connectivity index (χ0n) is 11.1. The minimum absolute atomic E-state index is 0.231.